The molecular weight excluding hydrogens is 382 g/mol. The Morgan fingerprint density at radius 1 is 0.774 bits per heavy atom. The number of hydrogen-bond donors (Lipinski definition) is 1. The summed E-state index contributed by atoms with van der Waals surface area (Å²) in [5.41, 5.74) is 4.13. The van der Waals surface area contributed by atoms with Crippen LogP contribution in [-0.4, -0.2) is 42.0 Å². The monoisotopic (exact) mass is 408 g/mol. The molecule has 1 aromatic heterocycles. The van der Waals surface area contributed by atoms with E-state index in [4.69, 9.17) is 0 Å². The lowest BCUT2D eigenvalue weighted by Crippen LogP contribution is -3.15. The molecule has 31 heavy (non-hydrogen) atoms. The number of benzene rings is 3. The van der Waals surface area contributed by atoms with Crippen molar-refractivity contribution < 1.29 is 9.69 Å². The molecule has 4 aromatic rings. The SMILES string of the molecule is O=C(c1cccc2cccnc12)N1CC[NH+](C(c2ccccc2)c2ccccc2)CC1. The average Bonchev–Trinajstić information content (AvgIpc) is 2.85. The lowest BCUT2D eigenvalue weighted by Gasteiger charge is -2.37. The number of amides is 1. The van der Waals surface area contributed by atoms with E-state index in [2.05, 4.69) is 65.6 Å². The average molecular weight is 409 g/mol. The van der Waals surface area contributed by atoms with E-state index in [0.717, 1.165) is 37.1 Å². The van der Waals surface area contributed by atoms with E-state index in [1.807, 2.05) is 35.2 Å². The normalized spacial score (nSPS) is 14.8. The maximum absolute atomic E-state index is 13.3. The van der Waals surface area contributed by atoms with Crippen LogP contribution in [0.25, 0.3) is 10.9 Å². The Labute approximate surface area is 182 Å². The lowest BCUT2D eigenvalue weighted by molar-refractivity contribution is -0.929. The molecule has 0 atom stereocenters. The number of nitrogens with one attached hydrogen (secondary N) is 1. The van der Waals surface area contributed by atoms with Crippen LogP contribution in [0, 0.1) is 0 Å². The Morgan fingerprint density at radius 2 is 1.39 bits per heavy atom. The summed E-state index contributed by atoms with van der Waals surface area (Å²) in [6.07, 6.45) is 1.76. The number of piperazine rings is 1. The number of para-hydroxylation sites is 1. The predicted octanol–water partition coefficient (Wildman–Crippen LogP) is 3.37. The Bertz CT molecular complexity index is 1120. The van der Waals surface area contributed by atoms with E-state index >= 15 is 0 Å². The van der Waals surface area contributed by atoms with Gasteiger partial charge in [0.15, 0.2) is 0 Å². The Hall–Kier alpha value is -3.50. The van der Waals surface area contributed by atoms with Crippen molar-refractivity contribution in [3.8, 4) is 0 Å². The van der Waals surface area contributed by atoms with Crippen molar-refractivity contribution in [2.45, 2.75) is 6.04 Å². The summed E-state index contributed by atoms with van der Waals surface area (Å²) in [5, 5.41) is 1.01. The van der Waals surface area contributed by atoms with Crippen molar-refractivity contribution in [1.82, 2.24) is 9.88 Å². The Kier molecular flexibility index (Phi) is 5.46. The second kappa shape index (κ2) is 8.70. The molecule has 0 spiro atoms. The van der Waals surface area contributed by atoms with Crippen molar-refractivity contribution in [3.63, 3.8) is 0 Å². The van der Waals surface area contributed by atoms with Crippen LogP contribution in [-0.2, 0) is 0 Å². The minimum Gasteiger partial charge on any atom is -0.327 e. The van der Waals surface area contributed by atoms with Gasteiger partial charge in [-0.25, -0.2) is 0 Å². The Morgan fingerprint density at radius 3 is 2.03 bits per heavy atom. The lowest BCUT2D eigenvalue weighted by atomic mass is 9.96. The van der Waals surface area contributed by atoms with Gasteiger partial charge in [-0.1, -0.05) is 78.9 Å². The number of quaternary nitrogens is 1. The van der Waals surface area contributed by atoms with Gasteiger partial charge in [-0.05, 0) is 12.1 Å². The number of fused-ring (bicyclic) bond motifs is 1. The smallest absolute Gasteiger partial charge is 0.256 e. The maximum atomic E-state index is 13.3. The van der Waals surface area contributed by atoms with Crippen molar-refractivity contribution in [3.05, 3.63) is 114 Å². The molecule has 3 aromatic carbocycles. The van der Waals surface area contributed by atoms with Crippen LogP contribution in [0.3, 0.4) is 0 Å². The highest BCUT2D eigenvalue weighted by Gasteiger charge is 2.32. The van der Waals surface area contributed by atoms with Gasteiger partial charge < -0.3 is 9.80 Å². The zero-order valence-corrected chi connectivity index (χ0v) is 17.4. The van der Waals surface area contributed by atoms with Crippen molar-refractivity contribution in [2.24, 2.45) is 0 Å². The molecule has 4 heteroatoms. The summed E-state index contributed by atoms with van der Waals surface area (Å²) in [5.74, 6) is 0.0827. The third-order valence-electron chi connectivity index (χ3n) is 6.23. The van der Waals surface area contributed by atoms with Gasteiger partial charge in [-0.2, -0.15) is 0 Å². The van der Waals surface area contributed by atoms with Gasteiger partial charge in [0.1, 0.15) is 6.04 Å². The molecule has 0 saturated carbocycles. The van der Waals surface area contributed by atoms with E-state index in [-0.39, 0.29) is 11.9 Å². The predicted molar refractivity (Wildman–Crippen MR) is 123 cm³/mol. The van der Waals surface area contributed by atoms with Crippen LogP contribution < -0.4 is 4.90 Å². The van der Waals surface area contributed by atoms with Crippen molar-refractivity contribution >= 4 is 16.8 Å². The summed E-state index contributed by atoms with van der Waals surface area (Å²) < 4.78 is 0. The molecule has 0 aliphatic carbocycles. The van der Waals surface area contributed by atoms with Crippen molar-refractivity contribution in [1.29, 1.82) is 0 Å². The molecule has 0 unspecified atom stereocenters. The quantitative estimate of drug-likeness (QED) is 0.562. The number of pyridine rings is 1. The first-order valence-corrected chi connectivity index (χ1v) is 10.9. The molecule has 1 amide bonds. The fraction of sp³-hybridized carbons (Fsp3) is 0.185. The third-order valence-corrected chi connectivity index (χ3v) is 6.23. The molecule has 0 bridgehead atoms. The van der Waals surface area contributed by atoms with Gasteiger partial charge in [0.05, 0.1) is 37.3 Å². The summed E-state index contributed by atoms with van der Waals surface area (Å²) in [6, 6.07) is 31.5. The van der Waals surface area contributed by atoms with Gasteiger partial charge in [0.2, 0.25) is 0 Å². The highest BCUT2D eigenvalue weighted by Crippen LogP contribution is 2.21. The van der Waals surface area contributed by atoms with Gasteiger partial charge >= 0.3 is 0 Å². The topological polar surface area (TPSA) is 37.6 Å². The number of hydrogen-bond acceptors (Lipinski definition) is 2. The second-order valence-corrected chi connectivity index (χ2v) is 8.09. The highest BCUT2D eigenvalue weighted by molar-refractivity contribution is 6.05. The van der Waals surface area contributed by atoms with Crippen LogP contribution in [0.5, 0.6) is 0 Å². The minimum atomic E-state index is 0.0827. The van der Waals surface area contributed by atoms with Crippen LogP contribution >= 0.6 is 0 Å². The first kappa shape index (κ1) is 19.5. The minimum absolute atomic E-state index is 0.0827. The molecule has 1 saturated heterocycles. The standard InChI is InChI=1S/C27H25N3O/c31-27(24-15-7-13-21-14-8-16-28-25(21)24)30-19-17-29(18-20-30)26(22-9-3-1-4-10-22)23-11-5-2-6-12-23/h1-16,26H,17-20H2/p+1. The molecule has 1 aliphatic heterocycles. The van der Waals surface area contributed by atoms with Crippen LogP contribution in [0.1, 0.15) is 27.5 Å². The molecule has 1 fully saturated rings. The van der Waals surface area contributed by atoms with Crippen LogP contribution in [0.15, 0.2) is 97.2 Å². The van der Waals surface area contributed by atoms with E-state index in [0.29, 0.717) is 5.56 Å². The molecular formula is C27H26N3O+. The van der Waals surface area contributed by atoms with Crippen LogP contribution in [0.2, 0.25) is 0 Å². The molecule has 0 radical (unpaired) electrons. The fourth-order valence-electron chi connectivity index (χ4n) is 4.69. The van der Waals surface area contributed by atoms with E-state index < -0.39 is 0 Å². The molecule has 5 rings (SSSR count). The van der Waals surface area contributed by atoms with Gasteiger partial charge in [-0.15, -0.1) is 0 Å². The number of nitrogens with zero attached hydrogens (tertiary/aromatic N) is 2. The first-order valence-electron chi connectivity index (χ1n) is 10.9. The van der Waals surface area contributed by atoms with Crippen LogP contribution in [0.4, 0.5) is 0 Å². The van der Waals surface area contributed by atoms with Crippen molar-refractivity contribution in [2.75, 3.05) is 26.2 Å². The summed E-state index contributed by atoms with van der Waals surface area (Å²) in [7, 11) is 0. The Balaban J connectivity index is 1.37. The largest absolute Gasteiger partial charge is 0.327 e. The van der Waals surface area contributed by atoms with Gasteiger partial charge in [0.25, 0.3) is 5.91 Å². The van der Waals surface area contributed by atoms with Gasteiger partial charge in [-0.3, -0.25) is 9.78 Å². The maximum Gasteiger partial charge on any atom is 0.256 e. The molecule has 1 N–H and O–H groups in total. The zero-order valence-electron chi connectivity index (χ0n) is 17.4. The molecule has 154 valence electrons. The second-order valence-electron chi connectivity index (χ2n) is 8.09. The first-order chi connectivity index (χ1) is 15.3. The molecule has 2 heterocycles. The highest BCUT2D eigenvalue weighted by atomic mass is 16.2. The van der Waals surface area contributed by atoms with E-state index in [1.54, 1.807) is 6.20 Å². The number of rotatable bonds is 4. The summed E-state index contributed by atoms with van der Waals surface area (Å²) in [4.78, 5) is 21.3. The van der Waals surface area contributed by atoms with E-state index in [9.17, 15) is 4.79 Å². The molecule has 4 nitrogen and oxygen atoms in total. The number of carbonyl (C=O) groups excluding carboxylic acids is 1. The van der Waals surface area contributed by atoms with Gasteiger partial charge in [0, 0.05) is 22.7 Å². The zero-order chi connectivity index (χ0) is 21.0. The van der Waals surface area contributed by atoms with E-state index in [1.165, 1.54) is 16.0 Å². The molecule has 1 aliphatic rings. The number of aromatic nitrogens is 1. The fourth-order valence-corrected chi connectivity index (χ4v) is 4.69. The third kappa shape index (κ3) is 3.94. The summed E-state index contributed by atoms with van der Waals surface area (Å²) >= 11 is 0. The summed E-state index contributed by atoms with van der Waals surface area (Å²) in [6.45, 7) is 3.32. The number of carbonyl (C=O) groups is 1.